The maximum Gasteiger partial charge on any atom is 0.192 e. The molecule has 254 valence electrons. The Labute approximate surface area is 278 Å². The lowest BCUT2D eigenvalue weighted by molar-refractivity contribution is -0.225. The molecule has 1 aliphatic heterocycles. The van der Waals surface area contributed by atoms with Crippen LogP contribution in [-0.4, -0.2) is 61.1 Å². The number of methoxy groups -OCH3 is 2. The first-order valence-electron chi connectivity index (χ1n) is 16.0. The Kier molecular flexibility index (Phi) is 13.6. The smallest absolute Gasteiger partial charge is 0.192 e. The minimum atomic E-state index is -3.73. The van der Waals surface area contributed by atoms with E-state index in [1.54, 1.807) is 44.6 Å². The molecule has 0 radical (unpaired) electrons. The standard InChI is InChI=1S/C37H54O7SSi/c1-11-32(41-8)34(44-46(9,10)37(4,5)6)18-15-19-35(45(38,39)31-16-13-12-14-17-31)27(2)20-25-33-28(3)26-42-36(43-33)29-21-23-30(40-7)24-22-29/h11-14,16-17,20-25,28,32-36H,1-2,15,18-19,26H2,3-10H3/b25-20+/t28-,32+,33-,34+,35?,36+/m1/s1. The van der Waals surface area contributed by atoms with Gasteiger partial charge in [0.2, 0.25) is 0 Å². The molecule has 0 aliphatic carbocycles. The first-order valence-corrected chi connectivity index (χ1v) is 20.5. The molecule has 0 N–H and O–H groups in total. The van der Waals surface area contributed by atoms with Gasteiger partial charge in [-0.2, -0.15) is 0 Å². The molecule has 1 heterocycles. The van der Waals surface area contributed by atoms with Crippen molar-refractivity contribution in [1.29, 1.82) is 0 Å². The molecule has 3 rings (SSSR count). The van der Waals surface area contributed by atoms with Gasteiger partial charge in [0.15, 0.2) is 24.4 Å². The molecule has 1 saturated heterocycles. The van der Waals surface area contributed by atoms with Crippen LogP contribution in [0.5, 0.6) is 5.75 Å². The molecule has 0 aromatic heterocycles. The maximum atomic E-state index is 14.0. The van der Waals surface area contributed by atoms with Crippen LogP contribution < -0.4 is 4.74 Å². The van der Waals surface area contributed by atoms with E-state index in [-0.39, 0.29) is 34.2 Å². The molecule has 1 unspecified atom stereocenters. The van der Waals surface area contributed by atoms with E-state index < -0.39 is 29.7 Å². The Balaban J connectivity index is 1.82. The molecule has 0 bridgehead atoms. The molecule has 9 heteroatoms. The van der Waals surface area contributed by atoms with Crippen molar-refractivity contribution in [3.63, 3.8) is 0 Å². The highest BCUT2D eigenvalue weighted by atomic mass is 32.2. The number of hydrogen-bond acceptors (Lipinski definition) is 7. The van der Waals surface area contributed by atoms with Crippen LogP contribution in [0.25, 0.3) is 0 Å². The van der Waals surface area contributed by atoms with Crippen LogP contribution in [-0.2, 0) is 28.5 Å². The van der Waals surface area contributed by atoms with Crippen molar-refractivity contribution in [1.82, 2.24) is 0 Å². The highest BCUT2D eigenvalue weighted by molar-refractivity contribution is 7.92. The van der Waals surface area contributed by atoms with Crippen molar-refractivity contribution < 1.29 is 31.8 Å². The number of rotatable bonds is 16. The van der Waals surface area contributed by atoms with Gasteiger partial charge in [0.1, 0.15) is 5.75 Å². The molecule has 0 saturated carbocycles. The number of ether oxygens (including phenoxy) is 4. The van der Waals surface area contributed by atoms with Gasteiger partial charge in [0.05, 0.1) is 42.2 Å². The van der Waals surface area contributed by atoms with E-state index in [0.29, 0.717) is 31.4 Å². The summed E-state index contributed by atoms with van der Waals surface area (Å²) in [5.74, 6) is 0.826. The van der Waals surface area contributed by atoms with E-state index in [1.165, 1.54) is 0 Å². The highest BCUT2D eigenvalue weighted by Crippen LogP contribution is 2.39. The van der Waals surface area contributed by atoms with Gasteiger partial charge in [-0.05, 0) is 67.2 Å². The second kappa shape index (κ2) is 16.5. The van der Waals surface area contributed by atoms with Gasteiger partial charge in [0.25, 0.3) is 0 Å². The van der Waals surface area contributed by atoms with Gasteiger partial charge in [0, 0.05) is 18.6 Å². The molecule has 46 heavy (non-hydrogen) atoms. The topological polar surface area (TPSA) is 80.3 Å². The lowest BCUT2D eigenvalue weighted by Gasteiger charge is -2.41. The summed E-state index contributed by atoms with van der Waals surface area (Å²) in [6.07, 6.45) is 5.75. The summed E-state index contributed by atoms with van der Waals surface area (Å²) in [4.78, 5) is 0.278. The van der Waals surface area contributed by atoms with Crippen LogP contribution in [0.2, 0.25) is 18.1 Å². The fraction of sp³-hybridized carbons (Fsp3) is 0.514. The van der Waals surface area contributed by atoms with E-state index in [4.69, 9.17) is 23.4 Å². The Morgan fingerprint density at radius 2 is 1.72 bits per heavy atom. The van der Waals surface area contributed by atoms with Crippen molar-refractivity contribution in [2.45, 2.75) is 99.8 Å². The summed E-state index contributed by atoms with van der Waals surface area (Å²) in [7, 11) is -2.57. The van der Waals surface area contributed by atoms with Gasteiger partial charge in [-0.25, -0.2) is 8.42 Å². The van der Waals surface area contributed by atoms with Gasteiger partial charge in [-0.3, -0.25) is 0 Å². The number of hydrogen-bond donors (Lipinski definition) is 0. The molecule has 2 aromatic carbocycles. The fourth-order valence-electron chi connectivity index (χ4n) is 5.21. The molecule has 2 aromatic rings. The summed E-state index contributed by atoms with van der Waals surface area (Å²) >= 11 is 0. The van der Waals surface area contributed by atoms with Gasteiger partial charge >= 0.3 is 0 Å². The maximum absolute atomic E-state index is 14.0. The Morgan fingerprint density at radius 1 is 1.07 bits per heavy atom. The summed E-state index contributed by atoms with van der Waals surface area (Å²) in [5.41, 5.74) is 1.40. The lowest BCUT2D eigenvalue weighted by Crippen LogP contribution is -2.47. The van der Waals surface area contributed by atoms with Crippen LogP contribution in [0.3, 0.4) is 0 Å². The molecule has 0 amide bonds. The van der Waals surface area contributed by atoms with Crippen LogP contribution in [0.1, 0.15) is 58.8 Å². The van der Waals surface area contributed by atoms with E-state index >= 15 is 0 Å². The Bertz CT molecular complexity index is 1400. The van der Waals surface area contributed by atoms with E-state index in [2.05, 4.69) is 53.9 Å². The fourth-order valence-corrected chi connectivity index (χ4v) is 8.39. The van der Waals surface area contributed by atoms with Crippen molar-refractivity contribution >= 4 is 18.2 Å². The lowest BCUT2D eigenvalue weighted by atomic mass is 10.00. The molecule has 1 aliphatic rings. The van der Waals surface area contributed by atoms with Gasteiger partial charge in [-0.1, -0.05) is 82.8 Å². The van der Waals surface area contributed by atoms with Crippen LogP contribution >= 0.6 is 0 Å². The molecular formula is C37H54O7SSi. The van der Waals surface area contributed by atoms with E-state index in [1.807, 2.05) is 42.5 Å². The first-order chi connectivity index (χ1) is 21.6. The summed E-state index contributed by atoms with van der Waals surface area (Å²) < 4.78 is 58.2. The normalized spacial score (nSPS) is 21.4. The third kappa shape index (κ3) is 9.75. The van der Waals surface area contributed by atoms with Crippen LogP contribution in [0.4, 0.5) is 0 Å². The SMILES string of the molecule is C=C[C@H](OC)[C@H](CCCC(C(=C)/C=C/[C@H]1O[C@@H](c2ccc(OC)cc2)OC[C@H]1C)S(=O)(=O)c1ccccc1)O[Si](C)(C)C(C)(C)C. The van der Waals surface area contributed by atoms with E-state index in [0.717, 1.165) is 11.3 Å². The monoisotopic (exact) mass is 670 g/mol. The van der Waals surface area contributed by atoms with Crippen molar-refractivity contribution in [2.75, 3.05) is 20.8 Å². The average molecular weight is 671 g/mol. The third-order valence-corrected chi connectivity index (χ3v) is 15.9. The van der Waals surface area contributed by atoms with E-state index in [9.17, 15) is 8.42 Å². The second-order valence-electron chi connectivity index (χ2n) is 13.6. The van der Waals surface area contributed by atoms with Crippen LogP contribution in [0, 0.1) is 5.92 Å². The first kappa shape index (κ1) is 37.9. The second-order valence-corrected chi connectivity index (χ2v) is 20.5. The minimum absolute atomic E-state index is 0.0126. The van der Waals surface area contributed by atoms with Gasteiger partial charge < -0.3 is 23.4 Å². The number of benzene rings is 2. The zero-order valence-electron chi connectivity index (χ0n) is 28.9. The minimum Gasteiger partial charge on any atom is -0.497 e. The number of allylic oxidation sites excluding steroid dienone is 1. The summed E-state index contributed by atoms with van der Waals surface area (Å²) in [5, 5.41) is -0.810. The van der Waals surface area contributed by atoms with Gasteiger partial charge in [-0.15, -0.1) is 6.58 Å². The Hall–Kier alpha value is -2.53. The molecule has 1 fully saturated rings. The predicted molar refractivity (Wildman–Crippen MR) is 188 cm³/mol. The Morgan fingerprint density at radius 3 is 2.28 bits per heavy atom. The molecule has 0 spiro atoms. The summed E-state index contributed by atoms with van der Waals surface area (Å²) in [6.45, 7) is 21.8. The zero-order chi connectivity index (χ0) is 34.1. The zero-order valence-corrected chi connectivity index (χ0v) is 30.7. The molecular weight excluding hydrogens is 617 g/mol. The van der Waals surface area contributed by atoms with Crippen molar-refractivity contribution in [2.24, 2.45) is 5.92 Å². The summed E-state index contributed by atoms with van der Waals surface area (Å²) in [6, 6.07) is 16.2. The molecule has 6 atom stereocenters. The number of sulfone groups is 1. The quantitative estimate of drug-likeness (QED) is 0.101. The largest absolute Gasteiger partial charge is 0.497 e. The molecule has 7 nitrogen and oxygen atoms in total. The average Bonchev–Trinajstić information content (AvgIpc) is 3.02. The van der Waals surface area contributed by atoms with Crippen LogP contribution in [0.15, 0.2) is 96.5 Å². The predicted octanol–water partition coefficient (Wildman–Crippen LogP) is 8.46. The van der Waals surface area contributed by atoms with Crippen molar-refractivity contribution in [3.05, 3.63) is 97.1 Å². The highest BCUT2D eigenvalue weighted by Gasteiger charge is 2.40. The third-order valence-electron chi connectivity index (χ3n) is 9.18. The van der Waals surface area contributed by atoms with Crippen molar-refractivity contribution in [3.8, 4) is 5.75 Å².